The van der Waals surface area contributed by atoms with Crippen molar-refractivity contribution >= 4 is 46.8 Å². The number of hydrazine groups is 1. The minimum absolute atomic E-state index is 0.0109. The number of nitrogens with one attached hydrogen (secondary N) is 2. The van der Waals surface area contributed by atoms with Crippen molar-refractivity contribution in [2.45, 2.75) is 19.3 Å². The van der Waals surface area contributed by atoms with Crippen LogP contribution in [0.2, 0.25) is 10.0 Å². The van der Waals surface area contributed by atoms with Crippen LogP contribution in [0.5, 0.6) is 0 Å². The van der Waals surface area contributed by atoms with Crippen molar-refractivity contribution in [1.82, 2.24) is 10.9 Å². The maximum Gasteiger partial charge on any atom is 0.306 e. The molecule has 2 aromatic rings. The Kier molecular flexibility index (Phi) is 8.64. The standard InChI is InChI=1S/C20H18Cl2N2O5/c21-14-10-8-13(9-11-14)17(25)12-29-19(27)7-3-6-18(26)23-24-20(28)15-4-1-2-5-16(15)22/h1-2,4-5,8-11H,3,6-7,12H2,(H,23,26)(H,24,28). The summed E-state index contributed by atoms with van der Waals surface area (Å²) in [6, 6.07) is 12.6. The summed E-state index contributed by atoms with van der Waals surface area (Å²) in [6.45, 7) is -0.388. The van der Waals surface area contributed by atoms with Crippen LogP contribution in [0.25, 0.3) is 0 Å². The van der Waals surface area contributed by atoms with E-state index in [-0.39, 0.29) is 42.2 Å². The maximum atomic E-state index is 11.9. The highest BCUT2D eigenvalue weighted by molar-refractivity contribution is 6.33. The zero-order valence-corrected chi connectivity index (χ0v) is 16.8. The highest BCUT2D eigenvalue weighted by Crippen LogP contribution is 2.14. The number of rotatable bonds is 8. The molecule has 0 radical (unpaired) electrons. The number of esters is 1. The molecule has 0 atom stereocenters. The molecule has 2 aromatic carbocycles. The van der Waals surface area contributed by atoms with Gasteiger partial charge in [-0.25, -0.2) is 0 Å². The van der Waals surface area contributed by atoms with E-state index in [1.165, 1.54) is 6.07 Å². The Morgan fingerprint density at radius 1 is 0.862 bits per heavy atom. The smallest absolute Gasteiger partial charge is 0.306 e. The second-order valence-corrected chi connectivity index (χ2v) is 6.77. The predicted molar refractivity (Wildman–Crippen MR) is 108 cm³/mol. The largest absolute Gasteiger partial charge is 0.457 e. The minimum atomic E-state index is -0.597. The zero-order valence-electron chi connectivity index (χ0n) is 15.2. The van der Waals surface area contributed by atoms with E-state index in [9.17, 15) is 19.2 Å². The van der Waals surface area contributed by atoms with Gasteiger partial charge in [0.1, 0.15) is 0 Å². The Hall–Kier alpha value is -2.90. The molecular formula is C20H18Cl2N2O5. The molecular weight excluding hydrogens is 419 g/mol. The number of hydrogen-bond donors (Lipinski definition) is 2. The lowest BCUT2D eigenvalue weighted by molar-refractivity contribution is -0.142. The van der Waals surface area contributed by atoms with Gasteiger partial charge in [-0.05, 0) is 42.8 Å². The van der Waals surface area contributed by atoms with E-state index in [1.807, 2.05) is 0 Å². The average molecular weight is 437 g/mol. The predicted octanol–water partition coefficient (Wildman–Crippen LogP) is 3.35. The van der Waals surface area contributed by atoms with Crippen LogP contribution in [0.15, 0.2) is 48.5 Å². The Morgan fingerprint density at radius 2 is 1.55 bits per heavy atom. The summed E-state index contributed by atoms with van der Waals surface area (Å²) in [4.78, 5) is 47.3. The number of Topliss-reactive ketones (excluding diaryl/α,β-unsaturated/α-hetero) is 1. The van der Waals surface area contributed by atoms with Crippen molar-refractivity contribution in [1.29, 1.82) is 0 Å². The molecule has 0 aromatic heterocycles. The number of halogens is 2. The fraction of sp³-hybridized carbons (Fsp3) is 0.200. The van der Waals surface area contributed by atoms with Gasteiger partial charge in [-0.3, -0.25) is 30.0 Å². The van der Waals surface area contributed by atoms with Crippen LogP contribution in [0.1, 0.15) is 40.0 Å². The second-order valence-electron chi connectivity index (χ2n) is 5.93. The van der Waals surface area contributed by atoms with E-state index in [0.29, 0.717) is 10.6 Å². The SMILES string of the molecule is O=C(CCCC(=O)OCC(=O)c1ccc(Cl)cc1)NNC(=O)c1ccccc1Cl. The molecule has 0 aliphatic carbocycles. The molecule has 2 N–H and O–H groups in total. The van der Waals surface area contributed by atoms with Crippen molar-refractivity contribution in [3.8, 4) is 0 Å². The Bertz CT molecular complexity index is 900. The zero-order chi connectivity index (χ0) is 21.2. The van der Waals surface area contributed by atoms with E-state index in [1.54, 1.807) is 42.5 Å². The summed E-state index contributed by atoms with van der Waals surface area (Å²) in [6.07, 6.45) is 0.143. The second kappa shape index (κ2) is 11.2. The molecule has 0 fully saturated rings. The lowest BCUT2D eigenvalue weighted by atomic mass is 10.1. The van der Waals surface area contributed by atoms with Gasteiger partial charge in [0, 0.05) is 23.4 Å². The number of amides is 2. The van der Waals surface area contributed by atoms with Crippen LogP contribution in [0, 0.1) is 0 Å². The van der Waals surface area contributed by atoms with Gasteiger partial charge in [-0.15, -0.1) is 0 Å². The molecule has 0 spiro atoms. The van der Waals surface area contributed by atoms with Crippen molar-refractivity contribution in [2.75, 3.05) is 6.61 Å². The van der Waals surface area contributed by atoms with Gasteiger partial charge in [0.2, 0.25) is 5.91 Å². The molecule has 29 heavy (non-hydrogen) atoms. The van der Waals surface area contributed by atoms with Crippen LogP contribution in [-0.4, -0.2) is 30.2 Å². The molecule has 0 aliphatic rings. The summed E-state index contributed by atoms with van der Waals surface area (Å²) >= 11 is 11.6. The minimum Gasteiger partial charge on any atom is -0.457 e. The maximum absolute atomic E-state index is 11.9. The molecule has 0 unspecified atom stereocenters. The molecule has 0 heterocycles. The molecule has 0 bridgehead atoms. The van der Waals surface area contributed by atoms with E-state index in [0.717, 1.165) is 0 Å². The average Bonchev–Trinajstić information content (AvgIpc) is 2.71. The number of carbonyl (C=O) groups excluding carboxylic acids is 4. The molecule has 2 amide bonds. The molecule has 0 saturated carbocycles. The topological polar surface area (TPSA) is 102 Å². The van der Waals surface area contributed by atoms with Gasteiger partial charge in [-0.2, -0.15) is 0 Å². The molecule has 7 nitrogen and oxygen atoms in total. The molecule has 0 aliphatic heterocycles. The third-order valence-electron chi connectivity index (χ3n) is 3.75. The Labute approximate surface area is 177 Å². The number of ether oxygens (including phenoxy) is 1. The van der Waals surface area contributed by atoms with Crippen LogP contribution in [-0.2, 0) is 14.3 Å². The van der Waals surface area contributed by atoms with E-state index in [4.69, 9.17) is 27.9 Å². The number of hydrogen-bond acceptors (Lipinski definition) is 5. The number of benzene rings is 2. The van der Waals surface area contributed by atoms with Gasteiger partial charge in [0.15, 0.2) is 12.4 Å². The first-order valence-electron chi connectivity index (χ1n) is 8.65. The molecule has 0 saturated heterocycles. The summed E-state index contributed by atoms with van der Waals surface area (Å²) in [7, 11) is 0. The van der Waals surface area contributed by atoms with Crippen molar-refractivity contribution in [3.63, 3.8) is 0 Å². The number of carbonyl (C=O) groups is 4. The summed E-state index contributed by atoms with van der Waals surface area (Å²) in [5.74, 6) is -1.98. The third kappa shape index (κ3) is 7.56. The van der Waals surface area contributed by atoms with Crippen molar-refractivity contribution in [3.05, 3.63) is 69.7 Å². The third-order valence-corrected chi connectivity index (χ3v) is 4.33. The van der Waals surface area contributed by atoms with Crippen molar-refractivity contribution < 1.29 is 23.9 Å². The first kappa shape index (κ1) is 22.4. The van der Waals surface area contributed by atoms with E-state index in [2.05, 4.69) is 10.9 Å². The van der Waals surface area contributed by atoms with E-state index >= 15 is 0 Å². The molecule has 9 heteroatoms. The van der Waals surface area contributed by atoms with Gasteiger partial charge in [0.05, 0.1) is 10.6 Å². The lowest BCUT2D eigenvalue weighted by Crippen LogP contribution is -2.41. The molecule has 152 valence electrons. The van der Waals surface area contributed by atoms with Gasteiger partial charge < -0.3 is 4.74 Å². The highest BCUT2D eigenvalue weighted by atomic mass is 35.5. The van der Waals surface area contributed by atoms with Crippen LogP contribution >= 0.6 is 23.2 Å². The summed E-state index contributed by atoms with van der Waals surface area (Å²) in [5.41, 5.74) is 5.10. The summed E-state index contributed by atoms with van der Waals surface area (Å²) in [5, 5.41) is 0.759. The first-order chi connectivity index (χ1) is 13.9. The Balaban J connectivity index is 1.63. The summed E-state index contributed by atoms with van der Waals surface area (Å²) < 4.78 is 4.90. The van der Waals surface area contributed by atoms with Crippen LogP contribution < -0.4 is 10.9 Å². The first-order valence-corrected chi connectivity index (χ1v) is 9.40. The van der Waals surface area contributed by atoms with Gasteiger partial charge >= 0.3 is 5.97 Å². The van der Waals surface area contributed by atoms with Crippen LogP contribution in [0.3, 0.4) is 0 Å². The quantitative estimate of drug-likeness (QED) is 0.375. The monoisotopic (exact) mass is 436 g/mol. The normalized spacial score (nSPS) is 10.1. The highest BCUT2D eigenvalue weighted by Gasteiger charge is 2.12. The van der Waals surface area contributed by atoms with Gasteiger partial charge in [0.25, 0.3) is 5.91 Å². The fourth-order valence-electron chi connectivity index (χ4n) is 2.23. The van der Waals surface area contributed by atoms with Gasteiger partial charge in [-0.1, -0.05) is 35.3 Å². The fourth-order valence-corrected chi connectivity index (χ4v) is 2.58. The molecule has 2 rings (SSSR count). The number of ketones is 1. The van der Waals surface area contributed by atoms with Crippen molar-refractivity contribution in [2.24, 2.45) is 0 Å². The Morgan fingerprint density at radius 3 is 2.24 bits per heavy atom. The van der Waals surface area contributed by atoms with E-state index < -0.39 is 17.8 Å². The van der Waals surface area contributed by atoms with Crippen LogP contribution in [0.4, 0.5) is 0 Å². The lowest BCUT2D eigenvalue weighted by Gasteiger charge is -2.08.